The summed E-state index contributed by atoms with van der Waals surface area (Å²) in [4.78, 5) is 14.9. The van der Waals surface area contributed by atoms with Crippen LogP contribution in [0.3, 0.4) is 0 Å². The molecule has 1 fully saturated rings. The molecule has 0 aromatic heterocycles. The van der Waals surface area contributed by atoms with Gasteiger partial charge in [0.25, 0.3) is 0 Å². The van der Waals surface area contributed by atoms with Crippen LogP contribution in [0.5, 0.6) is 5.75 Å². The van der Waals surface area contributed by atoms with E-state index in [0.29, 0.717) is 6.61 Å². The summed E-state index contributed by atoms with van der Waals surface area (Å²) >= 11 is 0. The first-order valence-electron chi connectivity index (χ1n) is 12.2. The quantitative estimate of drug-likeness (QED) is 0.537. The Bertz CT molecular complexity index is 1280. The summed E-state index contributed by atoms with van der Waals surface area (Å²) in [6.07, 6.45) is 1.75. The molecule has 3 aliphatic heterocycles. The molecule has 5 nitrogen and oxygen atoms in total. The fourth-order valence-corrected chi connectivity index (χ4v) is 5.04. The maximum absolute atomic E-state index is 5.57. The second-order valence-electron chi connectivity index (χ2n) is 9.37. The predicted molar refractivity (Wildman–Crippen MR) is 140 cm³/mol. The number of benzene rings is 3. The van der Waals surface area contributed by atoms with Gasteiger partial charge in [0, 0.05) is 44.7 Å². The molecule has 0 bridgehead atoms. The number of rotatable bonds is 5. The summed E-state index contributed by atoms with van der Waals surface area (Å²) < 4.78 is 5.57. The van der Waals surface area contributed by atoms with E-state index in [0.717, 1.165) is 73.1 Å². The van der Waals surface area contributed by atoms with Gasteiger partial charge >= 0.3 is 0 Å². The molecule has 0 unspecified atom stereocenters. The first-order valence-corrected chi connectivity index (χ1v) is 12.2. The second kappa shape index (κ2) is 8.73. The number of hydrogen-bond acceptors (Lipinski definition) is 5. The molecule has 5 heteroatoms. The minimum Gasteiger partial charge on any atom is -0.494 e. The summed E-state index contributed by atoms with van der Waals surface area (Å²) in [5.41, 5.74) is 10.6. The lowest BCUT2D eigenvalue weighted by Crippen LogP contribution is -2.44. The summed E-state index contributed by atoms with van der Waals surface area (Å²) in [7, 11) is 2.19. The van der Waals surface area contributed by atoms with Crippen molar-refractivity contribution in [1.29, 1.82) is 0 Å². The number of ether oxygens (including phenoxy) is 1. The Hall–Kier alpha value is -3.44. The molecule has 34 heavy (non-hydrogen) atoms. The molecule has 0 saturated carbocycles. The fourth-order valence-electron chi connectivity index (χ4n) is 5.04. The van der Waals surface area contributed by atoms with E-state index in [1.807, 2.05) is 19.1 Å². The summed E-state index contributed by atoms with van der Waals surface area (Å²) in [5.74, 6) is 0.902. The van der Waals surface area contributed by atoms with Crippen molar-refractivity contribution in [3.63, 3.8) is 0 Å². The number of fused-ring (bicyclic) bond motifs is 2. The van der Waals surface area contributed by atoms with Crippen molar-refractivity contribution in [3.05, 3.63) is 82.9 Å². The van der Waals surface area contributed by atoms with Crippen molar-refractivity contribution in [2.45, 2.75) is 19.8 Å². The van der Waals surface area contributed by atoms with Gasteiger partial charge in [-0.15, -0.1) is 0 Å². The molecule has 6 rings (SSSR count). The van der Waals surface area contributed by atoms with Gasteiger partial charge in [-0.1, -0.05) is 18.2 Å². The monoisotopic (exact) mass is 450 g/mol. The van der Waals surface area contributed by atoms with Crippen LogP contribution in [0.25, 0.3) is 0 Å². The molecule has 0 radical (unpaired) electrons. The molecular weight excluding hydrogens is 420 g/mol. The molecule has 0 amide bonds. The van der Waals surface area contributed by atoms with Gasteiger partial charge in [-0.3, -0.25) is 9.98 Å². The van der Waals surface area contributed by atoms with Crippen LogP contribution in [0.15, 0.2) is 70.6 Å². The summed E-state index contributed by atoms with van der Waals surface area (Å²) in [5, 5.41) is 0. The molecule has 1 saturated heterocycles. The van der Waals surface area contributed by atoms with Crippen molar-refractivity contribution in [2.24, 2.45) is 9.98 Å². The topological polar surface area (TPSA) is 40.4 Å². The molecule has 172 valence electrons. The number of piperazine rings is 1. The van der Waals surface area contributed by atoms with Gasteiger partial charge in [-0.05, 0) is 78.7 Å². The van der Waals surface area contributed by atoms with E-state index < -0.39 is 0 Å². The lowest BCUT2D eigenvalue weighted by molar-refractivity contribution is 0.313. The number of hydrogen-bond donors (Lipinski definition) is 0. The number of likely N-dealkylation sites (N-methyl/N-ethyl adjacent to an activating group) is 1. The molecular formula is C29H30N4O. The highest BCUT2D eigenvalue weighted by atomic mass is 16.5. The lowest BCUT2D eigenvalue weighted by atomic mass is 10.00. The Morgan fingerprint density at radius 1 is 0.735 bits per heavy atom. The maximum atomic E-state index is 5.57. The van der Waals surface area contributed by atoms with E-state index in [9.17, 15) is 0 Å². The third kappa shape index (κ3) is 4.01. The van der Waals surface area contributed by atoms with E-state index >= 15 is 0 Å². The van der Waals surface area contributed by atoms with Crippen LogP contribution in [0.2, 0.25) is 0 Å². The Balaban J connectivity index is 1.22. The molecule has 3 aromatic carbocycles. The smallest absolute Gasteiger partial charge is 0.119 e. The molecule has 0 spiro atoms. The Labute approximate surface area is 201 Å². The van der Waals surface area contributed by atoms with Gasteiger partial charge < -0.3 is 14.5 Å². The average molecular weight is 451 g/mol. The second-order valence-corrected chi connectivity index (χ2v) is 9.37. The highest BCUT2D eigenvalue weighted by Gasteiger charge is 2.22. The van der Waals surface area contributed by atoms with Crippen LogP contribution in [0.1, 0.15) is 29.2 Å². The molecule has 3 aromatic rings. The van der Waals surface area contributed by atoms with Crippen LogP contribution < -0.4 is 9.64 Å². The predicted octanol–water partition coefficient (Wildman–Crippen LogP) is 5.19. The fraction of sp³-hybridized carbons (Fsp3) is 0.310. The normalized spacial score (nSPS) is 17.3. The number of anilines is 1. The van der Waals surface area contributed by atoms with Crippen molar-refractivity contribution in [1.82, 2.24) is 4.90 Å². The standard InChI is InChI=1S/C29H30N4O/c1-3-34-25-10-7-20(8-11-25)26-16-21-4-5-22(17-27(21)30-26)28-18-23-6-9-24(19-29(23)31-28)33-14-12-32(2)13-15-33/h4-11,17,19H,3,12-16,18H2,1-2H3. The Morgan fingerprint density at radius 2 is 1.35 bits per heavy atom. The first kappa shape index (κ1) is 21.1. The van der Waals surface area contributed by atoms with E-state index in [-0.39, 0.29) is 0 Å². The zero-order valence-electron chi connectivity index (χ0n) is 19.9. The maximum Gasteiger partial charge on any atom is 0.119 e. The number of aliphatic imine (C=N–C) groups is 2. The van der Waals surface area contributed by atoms with E-state index in [2.05, 4.69) is 65.4 Å². The van der Waals surface area contributed by atoms with Crippen LogP contribution >= 0.6 is 0 Å². The van der Waals surface area contributed by atoms with Gasteiger partial charge in [0.15, 0.2) is 0 Å². The van der Waals surface area contributed by atoms with Crippen molar-refractivity contribution in [2.75, 3.05) is 44.7 Å². The first-order chi connectivity index (χ1) is 16.7. The zero-order valence-corrected chi connectivity index (χ0v) is 19.9. The van der Waals surface area contributed by atoms with Crippen LogP contribution in [0, 0.1) is 0 Å². The van der Waals surface area contributed by atoms with E-state index in [4.69, 9.17) is 14.7 Å². The number of nitrogens with zero attached hydrogens (tertiary/aromatic N) is 4. The SMILES string of the molecule is CCOc1ccc(C2=Nc3cc(C4=Nc5cc(N6CCN(C)CC6)ccc5C4)ccc3C2)cc1. The summed E-state index contributed by atoms with van der Waals surface area (Å²) in [6, 6.07) is 21.7. The van der Waals surface area contributed by atoms with Gasteiger partial charge in [0.2, 0.25) is 0 Å². The zero-order chi connectivity index (χ0) is 23.1. The Kier molecular flexibility index (Phi) is 5.42. The molecule has 0 aliphatic carbocycles. The largest absolute Gasteiger partial charge is 0.494 e. The van der Waals surface area contributed by atoms with Crippen LogP contribution in [-0.4, -0.2) is 56.2 Å². The molecule has 3 aliphatic rings. The minimum absolute atomic E-state index is 0.680. The molecule has 0 atom stereocenters. The van der Waals surface area contributed by atoms with Crippen molar-refractivity contribution < 1.29 is 4.74 Å². The summed E-state index contributed by atoms with van der Waals surface area (Å²) in [6.45, 7) is 7.05. The third-order valence-electron chi connectivity index (χ3n) is 7.08. The molecule has 0 N–H and O–H groups in total. The highest BCUT2D eigenvalue weighted by molar-refractivity contribution is 6.10. The van der Waals surface area contributed by atoms with E-state index in [1.165, 1.54) is 22.4 Å². The van der Waals surface area contributed by atoms with Gasteiger partial charge in [-0.25, -0.2) is 0 Å². The van der Waals surface area contributed by atoms with Crippen molar-refractivity contribution >= 4 is 28.5 Å². The third-order valence-corrected chi connectivity index (χ3v) is 7.08. The Morgan fingerprint density at radius 3 is 2.06 bits per heavy atom. The lowest BCUT2D eigenvalue weighted by Gasteiger charge is -2.34. The van der Waals surface area contributed by atoms with Crippen molar-refractivity contribution in [3.8, 4) is 5.75 Å². The van der Waals surface area contributed by atoms with E-state index in [1.54, 1.807) is 0 Å². The van der Waals surface area contributed by atoms with Crippen LogP contribution in [-0.2, 0) is 12.8 Å². The van der Waals surface area contributed by atoms with Gasteiger partial charge in [-0.2, -0.15) is 0 Å². The average Bonchev–Trinajstić information content (AvgIpc) is 3.48. The minimum atomic E-state index is 0.680. The van der Waals surface area contributed by atoms with Crippen LogP contribution in [0.4, 0.5) is 17.1 Å². The molecule has 3 heterocycles. The highest BCUT2D eigenvalue weighted by Crippen LogP contribution is 2.36. The van der Waals surface area contributed by atoms with Gasteiger partial charge in [0.1, 0.15) is 5.75 Å². The van der Waals surface area contributed by atoms with Gasteiger partial charge in [0.05, 0.1) is 29.4 Å².